The highest BCUT2D eigenvalue weighted by atomic mass is 15.1. The molecule has 0 bridgehead atoms. The Balaban J connectivity index is 1.56. The lowest BCUT2D eigenvalue weighted by atomic mass is 10.0. The molecule has 2 aromatic heterocycles. The molecule has 0 atom stereocenters. The Bertz CT molecular complexity index is 1390. The number of anilines is 2. The first-order valence-electron chi connectivity index (χ1n) is 12.3. The minimum absolute atomic E-state index is 0.346. The molecule has 5 rings (SSSR count). The molecule has 0 aliphatic carbocycles. The Labute approximate surface area is 201 Å². The average molecular weight is 450 g/mol. The van der Waals surface area contributed by atoms with Crippen molar-refractivity contribution in [2.24, 2.45) is 0 Å². The number of fused-ring (bicyclic) bond motifs is 3. The lowest BCUT2D eigenvalue weighted by Gasteiger charge is -2.24. The molecular weight excluding hydrogens is 418 g/mol. The van der Waals surface area contributed by atoms with Gasteiger partial charge in [-0.2, -0.15) is 5.26 Å². The normalized spacial score (nSPS) is 12.8. The van der Waals surface area contributed by atoms with Crippen LogP contribution in [0.1, 0.15) is 53.5 Å². The maximum atomic E-state index is 9.53. The molecule has 0 fully saturated rings. The van der Waals surface area contributed by atoms with E-state index in [-0.39, 0.29) is 0 Å². The predicted octanol–water partition coefficient (Wildman–Crippen LogP) is 6.20. The summed E-state index contributed by atoms with van der Waals surface area (Å²) in [6.07, 6.45) is 5.16. The van der Waals surface area contributed by atoms with Crippen molar-refractivity contribution in [3.63, 3.8) is 0 Å². The summed E-state index contributed by atoms with van der Waals surface area (Å²) in [4.78, 5) is 12.1. The number of rotatable bonds is 6. The second-order valence-electron chi connectivity index (χ2n) is 9.31. The summed E-state index contributed by atoms with van der Waals surface area (Å²) in [5.41, 5.74) is 10.3. The number of aryl methyl sites for hydroxylation is 5. The van der Waals surface area contributed by atoms with E-state index in [1.165, 1.54) is 22.3 Å². The molecule has 0 N–H and O–H groups in total. The Hall–Kier alpha value is -3.65. The molecule has 172 valence electrons. The van der Waals surface area contributed by atoms with Crippen LogP contribution in [0.3, 0.4) is 0 Å². The van der Waals surface area contributed by atoms with E-state index in [2.05, 4.69) is 84.8 Å². The van der Waals surface area contributed by atoms with E-state index in [4.69, 9.17) is 9.97 Å². The first kappa shape index (κ1) is 22.2. The minimum Gasteiger partial charge on any atom is -0.327 e. The highest BCUT2D eigenvalue weighted by Crippen LogP contribution is 2.36. The highest BCUT2D eigenvalue weighted by molar-refractivity contribution is 5.76. The molecule has 0 saturated carbocycles. The van der Waals surface area contributed by atoms with E-state index in [9.17, 15) is 5.26 Å². The van der Waals surface area contributed by atoms with Gasteiger partial charge in [0.15, 0.2) is 5.65 Å². The third-order valence-electron chi connectivity index (χ3n) is 6.81. The summed E-state index contributed by atoms with van der Waals surface area (Å²) in [6, 6.07) is 19.7. The third-order valence-corrected chi connectivity index (χ3v) is 6.81. The van der Waals surface area contributed by atoms with E-state index in [0.29, 0.717) is 6.54 Å². The quantitative estimate of drug-likeness (QED) is 0.329. The highest BCUT2D eigenvalue weighted by Gasteiger charge is 2.21. The van der Waals surface area contributed by atoms with Gasteiger partial charge >= 0.3 is 0 Å². The number of hydrogen-bond acceptors (Lipinski definition) is 4. The van der Waals surface area contributed by atoms with Crippen molar-refractivity contribution in [3.8, 4) is 6.07 Å². The standard InChI is InChI=1S/C29H31N5/c1-4-5-10-27-32-28-20(2)17-21(3)31-29(28)34(27)19-22-11-14-26-24(18-22)13-12-23-8-6-7-9-25(23)33(26)16-15-30/h6-9,11,14,17-18H,4-5,10,12-13,16,19H2,1-3H3. The van der Waals surface area contributed by atoms with Gasteiger partial charge in [-0.25, -0.2) is 9.97 Å². The molecule has 0 radical (unpaired) electrons. The van der Waals surface area contributed by atoms with Crippen LogP contribution in [0.2, 0.25) is 0 Å². The molecule has 4 aromatic rings. The molecule has 2 aromatic carbocycles. The lowest BCUT2D eigenvalue weighted by Crippen LogP contribution is -2.18. The predicted molar refractivity (Wildman–Crippen MR) is 138 cm³/mol. The number of para-hydroxylation sites is 1. The van der Waals surface area contributed by atoms with Crippen LogP contribution >= 0.6 is 0 Å². The molecule has 0 unspecified atom stereocenters. The number of aromatic nitrogens is 3. The van der Waals surface area contributed by atoms with E-state index in [1.54, 1.807) is 0 Å². The number of unbranched alkanes of at least 4 members (excludes halogenated alkanes) is 1. The van der Waals surface area contributed by atoms with Gasteiger partial charge < -0.3 is 9.47 Å². The van der Waals surface area contributed by atoms with E-state index >= 15 is 0 Å². The molecule has 0 saturated heterocycles. The molecule has 5 nitrogen and oxygen atoms in total. The van der Waals surface area contributed by atoms with Crippen molar-refractivity contribution < 1.29 is 0 Å². The molecule has 0 spiro atoms. The fourth-order valence-corrected chi connectivity index (χ4v) is 5.15. The second kappa shape index (κ2) is 9.30. The van der Waals surface area contributed by atoms with Crippen molar-refractivity contribution in [2.45, 2.75) is 59.4 Å². The topological polar surface area (TPSA) is 57.7 Å². The Morgan fingerprint density at radius 1 is 0.971 bits per heavy atom. The van der Waals surface area contributed by atoms with Crippen molar-refractivity contribution >= 4 is 22.5 Å². The molecule has 1 aliphatic rings. The smallest absolute Gasteiger partial charge is 0.160 e. The maximum absolute atomic E-state index is 9.53. The largest absolute Gasteiger partial charge is 0.327 e. The summed E-state index contributed by atoms with van der Waals surface area (Å²) >= 11 is 0. The van der Waals surface area contributed by atoms with Crippen molar-refractivity contribution in [3.05, 3.63) is 82.3 Å². The lowest BCUT2D eigenvalue weighted by molar-refractivity contribution is 0.686. The Morgan fingerprint density at radius 3 is 2.59 bits per heavy atom. The van der Waals surface area contributed by atoms with Crippen molar-refractivity contribution in [2.75, 3.05) is 11.4 Å². The Morgan fingerprint density at radius 2 is 1.76 bits per heavy atom. The van der Waals surface area contributed by atoms with Gasteiger partial charge in [0.2, 0.25) is 0 Å². The first-order valence-corrected chi connectivity index (χ1v) is 12.3. The van der Waals surface area contributed by atoms with Crippen LogP contribution in [0.25, 0.3) is 11.2 Å². The van der Waals surface area contributed by atoms with E-state index < -0.39 is 0 Å². The number of nitrogens with zero attached hydrogens (tertiary/aromatic N) is 5. The van der Waals surface area contributed by atoms with Gasteiger partial charge in [0.05, 0.1) is 12.6 Å². The zero-order chi connectivity index (χ0) is 23.7. The van der Waals surface area contributed by atoms with Gasteiger partial charge in [-0.15, -0.1) is 0 Å². The van der Waals surface area contributed by atoms with Gasteiger partial charge in [-0.05, 0) is 73.6 Å². The van der Waals surface area contributed by atoms with Crippen molar-refractivity contribution in [1.29, 1.82) is 5.26 Å². The molecule has 5 heteroatoms. The fraction of sp³-hybridized carbons (Fsp3) is 0.345. The summed E-state index contributed by atoms with van der Waals surface area (Å²) in [5, 5.41) is 9.53. The van der Waals surface area contributed by atoms with Gasteiger partial charge in [-0.3, -0.25) is 0 Å². The number of nitriles is 1. The SMILES string of the molecule is CCCCc1nc2c(C)cc(C)nc2n1Cc1ccc2c(c1)CCc1ccccc1N2CC#N. The number of imidazole rings is 1. The van der Waals surface area contributed by atoms with Crippen LogP contribution in [0.4, 0.5) is 11.4 Å². The maximum Gasteiger partial charge on any atom is 0.160 e. The summed E-state index contributed by atoms with van der Waals surface area (Å²) in [6.45, 7) is 7.50. The van der Waals surface area contributed by atoms with Crippen molar-refractivity contribution in [1.82, 2.24) is 14.5 Å². The van der Waals surface area contributed by atoms with Crippen LogP contribution in [0, 0.1) is 25.2 Å². The summed E-state index contributed by atoms with van der Waals surface area (Å²) in [7, 11) is 0. The molecule has 1 aliphatic heterocycles. The zero-order valence-electron chi connectivity index (χ0n) is 20.3. The zero-order valence-corrected chi connectivity index (χ0v) is 20.3. The summed E-state index contributed by atoms with van der Waals surface area (Å²) in [5.74, 6) is 1.12. The first-order chi connectivity index (χ1) is 16.6. The van der Waals surface area contributed by atoms with E-state index in [1.807, 2.05) is 0 Å². The fourth-order valence-electron chi connectivity index (χ4n) is 5.15. The van der Waals surface area contributed by atoms with Crippen LogP contribution < -0.4 is 4.90 Å². The van der Waals surface area contributed by atoms with Gasteiger partial charge in [0, 0.05) is 23.5 Å². The van der Waals surface area contributed by atoms with Crippen LogP contribution in [0.5, 0.6) is 0 Å². The van der Waals surface area contributed by atoms with Gasteiger partial charge in [0.25, 0.3) is 0 Å². The number of hydrogen-bond donors (Lipinski definition) is 0. The van der Waals surface area contributed by atoms with Crippen LogP contribution in [0.15, 0.2) is 48.5 Å². The van der Waals surface area contributed by atoms with Gasteiger partial charge in [-0.1, -0.05) is 43.7 Å². The van der Waals surface area contributed by atoms with Crippen LogP contribution in [-0.2, 0) is 25.8 Å². The third kappa shape index (κ3) is 4.05. The monoisotopic (exact) mass is 449 g/mol. The Kier molecular flexibility index (Phi) is 6.06. The van der Waals surface area contributed by atoms with E-state index in [0.717, 1.165) is 72.7 Å². The molecular formula is C29H31N5. The number of pyridine rings is 1. The average Bonchev–Trinajstić information content (AvgIpc) is 3.09. The summed E-state index contributed by atoms with van der Waals surface area (Å²) < 4.78 is 2.31. The number of benzene rings is 2. The van der Waals surface area contributed by atoms with Gasteiger partial charge in [0.1, 0.15) is 17.9 Å². The molecule has 34 heavy (non-hydrogen) atoms. The second-order valence-corrected chi connectivity index (χ2v) is 9.31. The molecule has 0 amide bonds. The van der Waals surface area contributed by atoms with Crippen LogP contribution in [-0.4, -0.2) is 21.1 Å². The molecule has 3 heterocycles. The minimum atomic E-state index is 0.346.